The second kappa shape index (κ2) is 3.67. The SMILES string of the molecule is Cc1cc(C(O)CC(F)(F)F)cs1. The quantitative estimate of drug-likeness (QED) is 0.795. The molecule has 0 aliphatic heterocycles. The van der Waals surface area contributed by atoms with Crippen LogP contribution in [0, 0.1) is 6.92 Å². The van der Waals surface area contributed by atoms with Crippen molar-refractivity contribution >= 4 is 11.3 Å². The predicted molar refractivity (Wildman–Crippen MR) is 44.7 cm³/mol. The van der Waals surface area contributed by atoms with E-state index in [4.69, 9.17) is 5.11 Å². The van der Waals surface area contributed by atoms with E-state index in [0.717, 1.165) is 4.88 Å². The Kier molecular flexibility index (Phi) is 2.98. The Morgan fingerprint density at radius 1 is 1.54 bits per heavy atom. The minimum Gasteiger partial charge on any atom is -0.388 e. The normalized spacial score (nSPS) is 14.5. The molecule has 74 valence electrons. The summed E-state index contributed by atoms with van der Waals surface area (Å²) in [5.41, 5.74) is 0.347. The van der Waals surface area contributed by atoms with Gasteiger partial charge in [-0.2, -0.15) is 13.2 Å². The summed E-state index contributed by atoms with van der Waals surface area (Å²) in [7, 11) is 0. The lowest BCUT2D eigenvalue weighted by Gasteiger charge is -2.11. The summed E-state index contributed by atoms with van der Waals surface area (Å²) in [5, 5.41) is 10.7. The first-order chi connectivity index (χ1) is 5.88. The van der Waals surface area contributed by atoms with E-state index in [-0.39, 0.29) is 0 Å². The lowest BCUT2D eigenvalue weighted by atomic mass is 10.1. The molecular weight excluding hydrogens is 201 g/mol. The Bertz CT molecular complexity index is 279. The van der Waals surface area contributed by atoms with Gasteiger partial charge >= 0.3 is 6.18 Å². The van der Waals surface area contributed by atoms with Gasteiger partial charge in [0.05, 0.1) is 12.5 Å². The fraction of sp³-hybridized carbons (Fsp3) is 0.500. The molecule has 0 fully saturated rings. The molecule has 1 atom stereocenters. The van der Waals surface area contributed by atoms with Crippen LogP contribution in [-0.4, -0.2) is 11.3 Å². The van der Waals surface area contributed by atoms with E-state index in [1.807, 2.05) is 0 Å². The summed E-state index contributed by atoms with van der Waals surface area (Å²) in [6.45, 7) is 1.79. The van der Waals surface area contributed by atoms with Gasteiger partial charge in [0.25, 0.3) is 0 Å². The van der Waals surface area contributed by atoms with Crippen molar-refractivity contribution in [3.63, 3.8) is 0 Å². The number of halogens is 3. The van der Waals surface area contributed by atoms with Gasteiger partial charge in [0, 0.05) is 4.88 Å². The topological polar surface area (TPSA) is 20.2 Å². The molecule has 1 nitrogen and oxygen atoms in total. The lowest BCUT2D eigenvalue weighted by Crippen LogP contribution is -2.12. The fourth-order valence-electron chi connectivity index (χ4n) is 0.976. The number of aryl methyl sites for hydroxylation is 1. The Morgan fingerprint density at radius 2 is 2.15 bits per heavy atom. The van der Waals surface area contributed by atoms with Crippen LogP contribution in [0.3, 0.4) is 0 Å². The highest BCUT2D eigenvalue weighted by atomic mass is 32.1. The van der Waals surface area contributed by atoms with Crippen LogP contribution in [0.15, 0.2) is 11.4 Å². The van der Waals surface area contributed by atoms with Crippen molar-refractivity contribution in [2.45, 2.75) is 25.6 Å². The zero-order chi connectivity index (χ0) is 10.1. The van der Waals surface area contributed by atoms with E-state index in [1.165, 1.54) is 11.3 Å². The van der Waals surface area contributed by atoms with E-state index in [9.17, 15) is 13.2 Å². The monoisotopic (exact) mass is 210 g/mol. The molecule has 1 aromatic heterocycles. The lowest BCUT2D eigenvalue weighted by molar-refractivity contribution is -0.154. The van der Waals surface area contributed by atoms with E-state index in [2.05, 4.69) is 0 Å². The van der Waals surface area contributed by atoms with Gasteiger partial charge in [-0.25, -0.2) is 0 Å². The van der Waals surface area contributed by atoms with Gasteiger partial charge in [-0.15, -0.1) is 11.3 Å². The number of rotatable bonds is 2. The van der Waals surface area contributed by atoms with Gasteiger partial charge in [-0.3, -0.25) is 0 Å². The first kappa shape index (κ1) is 10.5. The van der Waals surface area contributed by atoms with Gasteiger partial charge in [-0.05, 0) is 23.9 Å². The largest absolute Gasteiger partial charge is 0.391 e. The molecule has 0 saturated heterocycles. The van der Waals surface area contributed by atoms with Crippen LogP contribution in [0.1, 0.15) is 23.0 Å². The van der Waals surface area contributed by atoms with Gasteiger partial charge < -0.3 is 5.11 Å². The molecule has 0 aliphatic carbocycles. The molecule has 0 bridgehead atoms. The zero-order valence-electron chi connectivity index (χ0n) is 6.93. The Hall–Kier alpha value is -0.550. The summed E-state index contributed by atoms with van der Waals surface area (Å²) >= 11 is 1.33. The average molecular weight is 210 g/mol. The highest BCUT2D eigenvalue weighted by Gasteiger charge is 2.31. The molecule has 5 heteroatoms. The Balaban J connectivity index is 2.64. The average Bonchev–Trinajstić information content (AvgIpc) is 2.31. The molecule has 1 heterocycles. The van der Waals surface area contributed by atoms with Crippen molar-refractivity contribution in [2.24, 2.45) is 0 Å². The van der Waals surface area contributed by atoms with Crippen molar-refractivity contribution in [3.05, 3.63) is 21.9 Å². The van der Waals surface area contributed by atoms with Crippen molar-refractivity contribution in [3.8, 4) is 0 Å². The van der Waals surface area contributed by atoms with Gasteiger partial charge in [-0.1, -0.05) is 0 Å². The minimum atomic E-state index is -4.31. The molecule has 0 amide bonds. The molecule has 1 unspecified atom stereocenters. The maximum absolute atomic E-state index is 11.8. The minimum absolute atomic E-state index is 0.347. The van der Waals surface area contributed by atoms with Crippen LogP contribution >= 0.6 is 11.3 Å². The number of hydrogen-bond acceptors (Lipinski definition) is 2. The molecule has 1 N–H and O–H groups in total. The zero-order valence-corrected chi connectivity index (χ0v) is 7.75. The predicted octanol–water partition coefficient (Wildman–Crippen LogP) is 3.04. The summed E-state index contributed by atoms with van der Waals surface area (Å²) in [6, 6.07) is 1.57. The molecule has 1 aromatic rings. The van der Waals surface area contributed by atoms with Crippen molar-refractivity contribution in [1.82, 2.24) is 0 Å². The summed E-state index contributed by atoms with van der Waals surface area (Å²) in [6.07, 6.45) is -6.91. The first-order valence-corrected chi connectivity index (χ1v) is 4.56. The van der Waals surface area contributed by atoms with E-state index in [0.29, 0.717) is 5.56 Å². The molecule has 0 radical (unpaired) electrons. The summed E-state index contributed by atoms with van der Waals surface area (Å²) in [5.74, 6) is 0. The van der Waals surface area contributed by atoms with Gasteiger partial charge in [0.2, 0.25) is 0 Å². The smallest absolute Gasteiger partial charge is 0.388 e. The van der Waals surface area contributed by atoms with Crippen molar-refractivity contribution in [1.29, 1.82) is 0 Å². The maximum Gasteiger partial charge on any atom is 0.391 e. The molecule has 0 aromatic carbocycles. The third-order valence-corrected chi connectivity index (χ3v) is 2.44. The van der Waals surface area contributed by atoms with E-state index in [1.54, 1.807) is 18.4 Å². The molecule has 0 saturated carbocycles. The van der Waals surface area contributed by atoms with Crippen LogP contribution in [-0.2, 0) is 0 Å². The maximum atomic E-state index is 11.8. The molecule has 1 rings (SSSR count). The number of alkyl halides is 3. The van der Waals surface area contributed by atoms with Crippen LogP contribution in [0.2, 0.25) is 0 Å². The highest BCUT2D eigenvalue weighted by Crippen LogP contribution is 2.31. The van der Waals surface area contributed by atoms with Gasteiger partial charge in [0.1, 0.15) is 0 Å². The fourth-order valence-corrected chi connectivity index (χ4v) is 1.73. The summed E-state index contributed by atoms with van der Waals surface area (Å²) < 4.78 is 35.5. The third-order valence-electron chi connectivity index (χ3n) is 1.56. The summed E-state index contributed by atoms with van der Waals surface area (Å²) in [4.78, 5) is 0.899. The second-order valence-electron chi connectivity index (χ2n) is 2.83. The molecular formula is C8H9F3OS. The highest BCUT2D eigenvalue weighted by molar-refractivity contribution is 7.10. The third kappa shape index (κ3) is 3.36. The molecule has 0 aliphatic rings. The van der Waals surface area contributed by atoms with Crippen LogP contribution in [0.5, 0.6) is 0 Å². The standard InChI is InChI=1S/C8H9F3OS/c1-5-2-6(4-13-5)7(12)3-8(9,10)11/h2,4,7,12H,3H2,1H3. The van der Waals surface area contributed by atoms with Crippen molar-refractivity contribution < 1.29 is 18.3 Å². The number of aliphatic hydroxyl groups excluding tert-OH is 1. The number of hydrogen-bond donors (Lipinski definition) is 1. The van der Waals surface area contributed by atoms with Crippen LogP contribution in [0.25, 0.3) is 0 Å². The van der Waals surface area contributed by atoms with Crippen molar-refractivity contribution in [2.75, 3.05) is 0 Å². The van der Waals surface area contributed by atoms with Gasteiger partial charge in [0.15, 0.2) is 0 Å². The molecule has 0 spiro atoms. The first-order valence-electron chi connectivity index (χ1n) is 3.68. The van der Waals surface area contributed by atoms with E-state index >= 15 is 0 Å². The van der Waals surface area contributed by atoms with Crippen LogP contribution in [0.4, 0.5) is 13.2 Å². The van der Waals surface area contributed by atoms with Crippen LogP contribution < -0.4 is 0 Å². The molecule has 13 heavy (non-hydrogen) atoms. The Morgan fingerprint density at radius 3 is 2.54 bits per heavy atom. The van der Waals surface area contributed by atoms with E-state index < -0.39 is 18.7 Å². The Labute approximate surface area is 77.8 Å². The second-order valence-corrected chi connectivity index (χ2v) is 3.94. The number of thiophene rings is 1. The number of aliphatic hydroxyl groups is 1.